The summed E-state index contributed by atoms with van der Waals surface area (Å²) in [4.78, 5) is 11.8. The van der Waals surface area contributed by atoms with Gasteiger partial charge in [-0.25, -0.2) is 4.79 Å². The van der Waals surface area contributed by atoms with E-state index in [1.165, 1.54) is 0 Å². The molecule has 0 aliphatic heterocycles. The maximum Gasteiger partial charge on any atom is 0.343 e. The van der Waals surface area contributed by atoms with Gasteiger partial charge in [-0.15, -0.1) is 5.26 Å². The van der Waals surface area contributed by atoms with Gasteiger partial charge in [0.25, 0.3) is 6.26 Å². The number of hydrogen-bond donors (Lipinski definition) is 0. The summed E-state index contributed by atoms with van der Waals surface area (Å²) in [6, 6.07) is 15.1. The molecule has 0 saturated heterocycles. The highest BCUT2D eigenvalue weighted by Gasteiger charge is 2.11. The van der Waals surface area contributed by atoms with E-state index in [0.29, 0.717) is 5.56 Å². The molecule has 0 atom stereocenters. The van der Waals surface area contributed by atoms with Crippen LogP contribution in [0, 0.1) is 11.5 Å². The molecule has 2 rings (SSSR count). The Balaban J connectivity index is 2.20. The molecule has 0 aromatic heterocycles. The lowest BCUT2D eigenvalue weighted by molar-refractivity contribution is 0.0731. The van der Waals surface area contributed by atoms with Crippen molar-refractivity contribution in [3.8, 4) is 17.8 Å². The van der Waals surface area contributed by atoms with Crippen LogP contribution in [0.2, 0.25) is 0 Å². The van der Waals surface area contributed by atoms with Crippen LogP contribution >= 0.6 is 0 Å². The summed E-state index contributed by atoms with van der Waals surface area (Å²) < 4.78 is 9.87. The van der Waals surface area contributed by atoms with E-state index in [1.54, 1.807) is 54.8 Å². The number of carbonyl (C=O) groups excluding carboxylic acids is 1. The molecule has 18 heavy (non-hydrogen) atoms. The van der Waals surface area contributed by atoms with Crippen LogP contribution < -0.4 is 9.47 Å². The summed E-state index contributed by atoms with van der Waals surface area (Å²) in [7, 11) is 0. The summed E-state index contributed by atoms with van der Waals surface area (Å²) in [5.41, 5.74) is 0.435. The first-order chi connectivity index (χ1) is 8.81. The second kappa shape index (κ2) is 5.51. The van der Waals surface area contributed by atoms with Gasteiger partial charge < -0.3 is 9.47 Å². The summed E-state index contributed by atoms with van der Waals surface area (Å²) in [5, 5.41) is 8.48. The van der Waals surface area contributed by atoms with Crippen LogP contribution in [0.5, 0.6) is 11.5 Å². The monoisotopic (exact) mass is 239 g/mol. The predicted octanol–water partition coefficient (Wildman–Crippen LogP) is 2.77. The van der Waals surface area contributed by atoms with Crippen molar-refractivity contribution in [3.63, 3.8) is 0 Å². The molecule has 0 spiro atoms. The lowest BCUT2D eigenvalue weighted by Gasteiger charge is -2.06. The Morgan fingerprint density at radius 1 is 0.944 bits per heavy atom. The van der Waals surface area contributed by atoms with Crippen molar-refractivity contribution in [2.24, 2.45) is 0 Å². The van der Waals surface area contributed by atoms with Crippen LogP contribution in [-0.2, 0) is 0 Å². The molecule has 0 aliphatic carbocycles. The van der Waals surface area contributed by atoms with Gasteiger partial charge in [0.2, 0.25) is 0 Å². The third-order valence-corrected chi connectivity index (χ3v) is 2.22. The Kier molecular flexibility index (Phi) is 3.57. The first kappa shape index (κ1) is 11.7. The van der Waals surface area contributed by atoms with Gasteiger partial charge in [0.15, 0.2) is 11.5 Å². The van der Waals surface area contributed by atoms with Crippen molar-refractivity contribution >= 4 is 5.97 Å². The van der Waals surface area contributed by atoms with Crippen molar-refractivity contribution in [1.29, 1.82) is 5.26 Å². The Bertz CT molecular complexity index is 587. The molecule has 0 bridgehead atoms. The summed E-state index contributed by atoms with van der Waals surface area (Å²) >= 11 is 0. The molecule has 0 heterocycles. The molecule has 88 valence electrons. The topological polar surface area (TPSA) is 59.3 Å². The minimum atomic E-state index is -0.496. The Hall–Kier alpha value is -2.80. The second-order valence-corrected chi connectivity index (χ2v) is 3.40. The van der Waals surface area contributed by atoms with E-state index in [2.05, 4.69) is 0 Å². The number of nitriles is 1. The number of para-hydroxylation sites is 2. The lowest BCUT2D eigenvalue weighted by Crippen LogP contribution is -2.08. The first-order valence-electron chi connectivity index (χ1n) is 5.23. The third-order valence-electron chi connectivity index (χ3n) is 2.22. The molecule has 0 fully saturated rings. The van der Waals surface area contributed by atoms with Gasteiger partial charge in [-0.2, -0.15) is 0 Å². The van der Waals surface area contributed by atoms with E-state index in [4.69, 9.17) is 14.7 Å². The van der Waals surface area contributed by atoms with Gasteiger partial charge in [-0.05, 0) is 24.3 Å². The van der Waals surface area contributed by atoms with Crippen LogP contribution in [0.25, 0.3) is 0 Å². The van der Waals surface area contributed by atoms with E-state index in [-0.39, 0.29) is 11.5 Å². The molecule has 0 saturated carbocycles. The molecule has 0 aliphatic rings. The van der Waals surface area contributed by atoms with E-state index in [1.807, 2.05) is 6.07 Å². The zero-order valence-electron chi connectivity index (χ0n) is 9.37. The zero-order chi connectivity index (χ0) is 12.8. The first-order valence-corrected chi connectivity index (χ1v) is 5.23. The average Bonchev–Trinajstić information content (AvgIpc) is 2.42. The standard InChI is InChI=1S/C14H9NO3/c15-10-17-12-8-4-5-9-13(12)18-14(16)11-6-2-1-3-7-11/h1-9H. The fraction of sp³-hybridized carbons (Fsp3) is 0. The van der Waals surface area contributed by atoms with Gasteiger partial charge in [-0.3, -0.25) is 0 Å². The van der Waals surface area contributed by atoms with E-state index in [9.17, 15) is 4.79 Å². The summed E-state index contributed by atoms with van der Waals surface area (Å²) in [5.74, 6) is -0.0678. The molecule has 2 aromatic carbocycles. The van der Waals surface area contributed by atoms with Gasteiger partial charge in [-0.1, -0.05) is 30.3 Å². The molecule has 0 unspecified atom stereocenters. The van der Waals surface area contributed by atoms with Gasteiger partial charge in [0.05, 0.1) is 5.56 Å². The number of hydrogen-bond acceptors (Lipinski definition) is 4. The fourth-order valence-corrected chi connectivity index (χ4v) is 1.40. The highest BCUT2D eigenvalue weighted by atomic mass is 16.6. The SMILES string of the molecule is N#COc1ccccc1OC(=O)c1ccccc1. The lowest BCUT2D eigenvalue weighted by atomic mass is 10.2. The Labute approximate surface area is 104 Å². The number of rotatable bonds is 3. The number of nitrogens with zero attached hydrogens (tertiary/aromatic N) is 1. The maximum atomic E-state index is 11.8. The molecule has 4 nitrogen and oxygen atoms in total. The van der Waals surface area contributed by atoms with Crippen molar-refractivity contribution in [1.82, 2.24) is 0 Å². The quantitative estimate of drug-likeness (QED) is 0.469. The van der Waals surface area contributed by atoms with E-state index < -0.39 is 5.97 Å². The van der Waals surface area contributed by atoms with Crippen LogP contribution in [0.3, 0.4) is 0 Å². The van der Waals surface area contributed by atoms with Gasteiger partial charge in [0, 0.05) is 0 Å². The molecular weight excluding hydrogens is 230 g/mol. The normalized spacial score (nSPS) is 9.28. The van der Waals surface area contributed by atoms with Crippen molar-refractivity contribution in [2.75, 3.05) is 0 Å². The van der Waals surface area contributed by atoms with Gasteiger partial charge in [0.1, 0.15) is 0 Å². The van der Waals surface area contributed by atoms with E-state index in [0.717, 1.165) is 0 Å². The average molecular weight is 239 g/mol. The zero-order valence-corrected chi connectivity index (χ0v) is 9.37. The number of carbonyl (C=O) groups is 1. The van der Waals surface area contributed by atoms with Crippen molar-refractivity contribution in [3.05, 3.63) is 60.2 Å². The van der Waals surface area contributed by atoms with Crippen LogP contribution in [0.4, 0.5) is 0 Å². The van der Waals surface area contributed by atoms with Crippen LogP contribution in [0.15, 0.2) is 54.6 Å². The molecular formula is C14H9NO3. The van der Waals surface area contributed by atoms with Crippen molar-refractivity contribution in [2.45, 2.75) is 0 Å². The number of esters is 1. The maximum absolute atomic E-state index is 11.8. The molecule has 0 N–H and O–H groups in total. The molecule has 4 heteroatoms. The number of ether oxygens (including phenoxy) is 2. The predicted molar refractivity (Wildman–Crippen MR) is 64.1 cm³/mol. The molecule has 0 radical (unpaired) electrons. The molecule has 0 amide bonds. The highest BCUT2D eigenvalue weighted by Crippen LogP contribution is 2.26. The fourth-order valence-electron chi connectivity index (χ4n) is 1.40. The largest absolute Gasteiger partial charge is 0.419 e. The smallest absolute Gasteiger partial charge is 0.343 e. The van der Waals surface area contributed by atoms with E-state index >= 15 is 0 Å². The summed E-state index contributed by atoms with van der Waals surface area (Å²) in [6.45, 7) is 0. The number of benzene rings is 2. The van der Waals surface area contributed by atoms with Crippen molar-refractivity contribution < 1.29 is 14.3 Å². The minimum Gasteiger partial charge on any atom is -0.419 e. The summed E-state index contributed by atoms with van der Waals surface area (Å²) in [6.07, 6.45) is 1.55. The Morgan fingerprint density at radius 2 is 1.56 bits per heavy atom. The van der Waals surface area contributed by atoms with Crippen LogP contribution in [0.1, 0.15) is 10.4 Å². The Morgan fingerprint density at radius 3 is 2.22 bits per heavy atom. The van der Waals surface area contributed by atoms with Gasteiger partial charge >= 0.3 is 5.97 Å². The second-order valence-electron chi connectivity index (χ2n) is 3.40. The van der Waals surface area contributed by atoms with Crippen LogP contribution in [-0.4, -0.2) is 5.97 Å². The third kappa shape index (κ3) is 2.66. The molecule has 2 aromatic rings. The minimum absolute atomic E-state index is 0.212. The highest BCUT2D eigenvalue weighted by molar-refractivity contribution is 5.91.